The van der Waals surface area contributed by atoms with Crippen LogP contribution in [-0.4, -0.2) is 29.2 Å². The molecule has 0 aliphatic carbocycles. The van der Waals surface area contributed by atoms with Crippen molar-refractivity contribution in [2.45, 2.75) is 11.6 Å². The Morgan fingerprint density at radius 1 is 1.25 bits per heavy atom. The minimum absolute atomic E-state index is 0.193. The molecule has 0 fully saturated rings. The first-order valence-electron chi connectivity index (χ1n) is 5.10. The quantitative estimate of drug-likeness (QED) is 0.744. The Bertz CT molecular complexity index is 562. The summed E-state index contributed by atoms with van der Waals surface area (Å²) >= 11 is -2.73. The van der Waals surface area contributed by atoms with Gasteiger partial charge in [-0.3, -0.25) is 4.21 Å². The normalized spacial score (nSPS) is 15.8. The van der Waals surface area contributed by atoms with Crippen molar-refractivity contribution in [3.05, 3.63) is 35.9 Å². The lowest BCUT2D eigenvalue weighted by Crippen LogP contribution is -2.42. The van der Waals surface area contributed by atoms with Crippen LogP contribution in [0, 0.1) is 0 Å². The van der Waals surface area contributed by atoms with Crippen molar-refractivity contribution < 1.29 is 30.4 Å². The van der Waals surface area contributed by atoms with Crippen LogP contribution in [0.4, 0.5) is 13.2 Å². The molecule has 0 aliphatic rings. The summed E-state index contributed by atoms with van der Waals surface area (Å²) < 4.78 is 83.1. The summed E-state index contributed by atoms with van der Waals surface area (Å²) in [5, 5.41) is 0. The van der Waals surface area contributed by atoms with Gasteiger partial charge in [-0.05, 0) is 5.56 Å². The van der Waals surface area contributed by atoms with Crippen molar-refractivity contribution >= 4 is 21.3 Å². The molecule has 0 radical (unpaired) electrons. The standard InChI is InChI=1S/C9H11F3N2O4S2/c10-9(11,12)20(17,18)14-8(6-13-19(15)16)7-4-2-1-3-5-7/h1-5,8,13-14H,6H2,(H,15,16)/p-1/t8-/m0/s1. The Morgan fingerprint density at radius 2 is 1.80 bits per heavy atom. The molecule has 0 aliphatic heterocycles. The largest absolute Gasteiger partial charge is 0.760 e. The average Bonchev–Trinajstić information content (AvgIpc) is 2.34. The van der Waals surface area contributed by atoms with E-state index in [2.05, 4.69) is 0 Å². The van der Waals surface area contributed by atoms with Crippen molar-refractivity contribution in [1.29, 1.82) is 0 Å². The number of nitrogens with one attached hydrogen (secondary N) is 2. The smallest absolute Gasteiger partial charge is 0.511 e. The first-order valence-corrected chi connectivity index (χ1v) is 7.65. The Balaban J connectivity index is 2.98. The third kappa shape index (κ3) is 4.83. The van der Waals surface area contributed by atoms with Crippen molar-refractivity contribution in [2.75, 3.05) is 6.54 Å². The molecule has 0 aromatic heterocycles. The molecule has 1 rings (SSSR count). The first-order chi connectivity index (χ1) is 9.13. The minimum Gasteiger partial charge on any atom is -0.760 e. The van der Waals surface area contributed by atoms with Crippen LogP contribution in [0.3, 0.4) is 0 Å². The van der Waals surface area contributed by atoms with E-state index < -0.39 is 39.4 Å². The second kappa shape index (κ2) is 6.63. The van der Waals surface area contributed by atoms with Crippen LogP contribution in [0.2, 0.25) is 0 Å². The lowest BCUT2D eigenvalue weighted by molar-refractivity contribution is -0.0450. The molecule has 0 bridgehead atoms. The van der Waals surface area contributed by atoms with Gasteiger partial charge in [-0.2, -0.15) is 17.9 Å². The van der Waals surface area contributed by atoms with Crippen LogP contribution in [0.1, 0.15) is 11.6 Å². The van der Waals surface area contributed by atoms with Crippen LogP contribution in [0.15, 0.2) is 30.3 Å². The Morgan fingerprint density at radius 3 is 2.25 bits per heavy atom. The van der Waals surface area contributed by atoms with E-state index in [1.54, 1.807) is 6.07 Å². The molecule has 20 heavy (non-hydrogen) atoms. The third-order valence-corrected chi connectivity index (χ3v) is 3.82. The Kier molecular flexibility index (Phi) is 5.65. The summed E-state index contributed by atoms with van der Waals surface area (Å²) in [7, 11) is -5.58. The second-order valence-electron chi connectivity index (χ2n) is 3.61. The van der Waals surface area contributed by atoms with Crippen molar-refractivity contribution in [1.82, 2.24) is 9.44 Å². The van der Waals surface area contributed by atoms with Crippen LogP contribution < -0.4 is 9.44 Å². The molecule has 0 heterocycles. The van der Waals surface area contributed by atoms with Crippen LogP contribution in [0.5, 0.6) is 0 Å². The molecule has 0 saturated heterocycles. The number of alkyl halides is 3. The molecule has 2 N–H and O–H groups in total. The lowest BCUT2D eigenvalue weighted by Gasteiger charge is -2.21. The summed E-state index contributed by atoms with van der Waals surface area (Å²) in [6, 6.07) is 5.92. The highest BCUT2D eigenvalue weighted by Gasteiger charge is 2.46. The van der Waals surface area contributed by atoms with Crippen LogP contribution in [-0.2, 0) is 21.3 Å². The van der Waals surface area contributed by atoms with Gasteiger partial charge in [-0.1, -0.05) is 30.3 Å². The number of hydrogen-bond acceptors (Lipinski definition) is 4. The lowest BCUT2D eigenvalue weighted by atomic mass is 10.1. The van der Waals surface area contributed by atoms with E-state index in [1.807, 2.05) is 4.72 Å². The number of benzene rings is 1. The van der Waals surface area contributed by atoms with Gasteiger partial charge in [-0.25, -0.2) is 13.1 Å². The molecule has 0 saturated carbocycles. The van der Waals surface area contributed by atoms with Crippen LogP contribution in [0.25, 0.3) is 0 Å². The van der Waals surface area contributed by atoms with Gasteiger partial charge < -0.3 is 4.55 Å². The molecular formula is C9H10F3N2O4S2-. The predicted molar refractivity (Wildman–Crippen MR) is 64.2 cm³/mol. The van der Waals surface area contributed by atoms with Crippen LogP contribution >= 0.6 is 0 Å². The van der Waals surface area contributed by atoms with E-state index in [9.17, 15) is 30.4 Å². The summed E-state index contributed by atoms with van der Waals surface area (Å²) in [4.78, 5) is 0. The van der Waals surface area contributed by atoms with Gasteiger partial charge in [0.1, 0.15) is 0 Å². The maximum Gasteiger partial charge on any atom is 0.511 e. The van der Waals surface area contributed by atoms with E-state index in [1.165, 1.54) is 29.0 Å². The van der Waals surface area contributed by atoms with Gasteiger partial charge in [-0.15, -0.1) is 0 Å². The summed E-state index contributed by atoms with van der Waals surface area (Å²) in [5.74, 6) is 0. The maximum atomic E-state index is 12.3. The number of halogens is 3. The zero-order valence-electron chi connectivity index (χ0n) is 9.75. The zero-order valence-corrected chi connectivity index (χ0v) is 11.4. The van der Waals surface area contributed by atoms with Crippen molar-refractivity contribution in [3.8, 4) is 0 Å². The van der Waals surface area contributed by atoms with E-state index in [4.69, 9.17) is 0 Å². The van der Waals surface area contributed by atoms with E-state index in [0.29, 0.717) is 0 Å². The number of rotatable bonds is 6. The number of sulfonamides is 1. The van der Waals surface area contributed by atoms with Gasteiger partial charge in [0.15, 0.2) is 0 Å². The summed E-state index contributed by atoms with van der Waals surface area (Å²) in [6.07, 6.45) is 0. The molecule has 11 heteroatoms. The highest BCUT2D eigenvalue weighted by Crippen LogP contribution is 2.24. The molecule has 2 atom stereocenters. The Hall–Kier alpha value is -1.01. The summed E-state index contributed by atoms with van der Waals surface area (Å²) in [5.41, 5.74) is -5.28. The minimum atomic E-state index is -5.58. The van der Waals surface area contributed by atoms with Gasteiger partial charge >= 0.3 is 15.5 Å². The molecule has 114 valence electrons. The monoisotopic (exact) mass is 331 g/mol. The van der Waals surface area contributed by atoms with Crippen molar-refractivity contribution in [2.24, 2.45) is 0 Å². The fraction of sp³-hybridized carbons (Fsp3) is 0.333. The zero-order chi connectivity index (χ0) is 15.4. The second-order valence-corrected chi connectivity index (χ2v) is 6.08. The average molecular weight is 331 g/mol. The number of hydrogen-bond donors (Lipinski definition) is 2. The molecule has 0 amide bonds. The van der Waals surface area contributed by atoms with Gasteiger partial charge in [0, 0.05) is 17.8 Å². The van der Waals surface area contributed by atoms with Crippen molar-refractivity contribution in [3.63, 3.8) is 0 Å². The fourth-order valence-corrected chi connectivity index (χ4v) is 2.35. The summed E-state index contributed by atoms with van der Waals surface area (Å²) in [6.45, 7) is -0.546. The molecule has 1 aromatic rings. The van der Waals surface area contributed by atoms with E-state index >= 15 is 0 Å². The molecule has 1 aromatic carbocycles. The topological polar surface area (TPSA) is 98.3 Å². The van der Waals surface area contributed by atoms with Gasteiger partial charge in [0.05, 0.1) is 6.04 Å². The molecule has 1 unspecified atom stereocenters. The highest BCUT2D eigenvalue weighted by molar-refractivity contribution is 7.90. The third-order valence-electron chi connectivity index (χ3n) is 2.21. The Labute approximate surface area is 115 Å². The maximum absolute atomic E-state index is 12.3. The van der Waals surface area contributed by atoms with E-state index in [-0.39, 0.29) is 5.56 Å². The van der Waals surface area contributed by atoms with E-state index in [0.717, 1.165) is 0 Å². The molecular weight excluding hydrogens is 321 g/mol. The molecule has 0 spiro atoms. The van der Waals surface area contributed by atoms with Gasteiger partial charge in [0.25, 0.3) is 0 Å². The fourth-order valence-electron chi connectivity index (χ4n) is 1.32. The SMILES string of the molecule is O=S([O-])NC[C@H](NS(=O)(=O)C(F)(F)F)c1ccccc1. The van der Waals surface area contributed by atoms with Gasteiger partial charge in [0.2, 0.25) is 0 Å². The molecule has 6 nitrogen and oxygen atoms in total. The predicted octanol–water partition coefficient (Wildman–Crippen LogP) is 0.551. The highest BCUT2D eigenvalue weighted by atomic mass is 32.2. The first kappa shape index (κ1) is 17.0.